The Bertz CT molecular complexity index is 719. The topological polar surface area (TPSA) is 60.7 Å². The molecule has 4 aliphatic rings. The summed E-state index contributed by atoms with van der Waals surface area (Å²) in [5, 5.41) is 38.3. The molecule has 0 unspecified atom stereocenters. The van der Waals surface area contributed by atoms with E-state index in [2.05, 4.69) is 25.3 Å². The second-order valence-corrected chi connectivity index (χ2v) is 11.4. The van der Waals surface area contributed by atoms with Gasteiger partial charge in [0.15, 0.2) is 0 Å². The molecule has 0 bridgehead atoms. The van der Waals surface area contributed by atoms with Crippen LogP contribution in [0.3, 0.4) is 0 Å². The Morgan fingerprint density at radius 1 is 0.963 bits per heavy atom. The zero-order valence-corrected chi connectivity index (χ0v) is 17.5. The number of hydrogen-bond donors (Lipinski definition) is 3. The molecule has 1 aromatic rings. The lowest BCUT2D eigenvalue weighted by molar-refractivity contribution is -0.238. The van der Waals surface area contributed by atoms with E-state index in [0.29, 0.717) is 24.7 Å². The fraction of sp³-hybridized carbons (Fsp3) is 0.826. The Kier molecular flexibility index (Phi) is 4.00. The molecular formula is C23H34O3S. The Hall–Kier alpha value is -0.420. The van der Waals surface area contributed by atoms with Crippen molar-refractivity contribution in [2.24, 2.45) is 28.6 Å². The molecule has 0 radical (unpaired) electrons. The normalized spacial score (nSPS) is 54.9. The highest BCUT2D eigenvalue weighted by molar-refractivity contribution is 7.08. The van der Waals surface area contributed by atoms with Crippen LogP contribution in [0.1, 0.15) is 77.2 Å². The van der Waals surface area contributed by atoms with Crippen molar-refractivity contribution >= 4 is 11.3 Å². The molecule has 3 N–H and O–H groups in total. The van der Waals surface area contributed by atoms with Crippen molar-refractivity contribution in [2.75, 3.05) is 0 Å². The summed E-state index contributed by atoms with van der Waals surface area (Å²) in [4.78, 5) is 0. The zero-order chi connectivity index (χ0) is 19.1. The molecular weight excluding hydrogens is 356 g/mol. The SMILES string of the molecule is C[C@]12CC[C@H](O)C[C@@H]1CC[C@@H]1[C@@H]2CC[C@]2(C)[C@@](O)(c3ccsc3)CC[C@]12O. The molecule has 0 saturated heterocycles. The van der Waals surface area contributed by atoms with Crippen LogP contribution in [0.2, 0.25) is 0 Å². The van der Waals surface area contributed by atoms with Crippen LogP contribution in [0.5, 0.6) is 0 Å². The first-order valence-corrected chi connectivity index (χ1v) is 11.8. The van der Waals surface area contributed by atoms with Crippen LogP contribution in [0.4, 0.5) is 0 Å². The van der Waals surface area contributed by atoms with Crippen LogP contribution in [-0.2, 0) is 5.60 Å². The lowest BCUT2D eigenvalue weighted by Crippen LogP contribution is -2.64. The van der Waals surface area contributed by atoms with Gasteiger partial charge in [-0.3, -0.25) is 0 Å². The van der Waals surface area contributed by atoms with Gasteiger partial charge in [-0.05, 0) is 103 Å². The lowest BCUT2D eigenvalue weighted by atomic mass is 9.43. The van der Waals surface area contributed by atoms with Gasteiger partial charge in [0, 0.05) is 5.41 Å². The summed E-state index contributed by atoms with van der Waals surface area (Å²) in [6, 6.07) is 2.05. The van der Waals surface area contributed by atoms with E-state index in [1.54, 1.807) is 11.3 Å². The number of aliphatic hydroxyl groups is 3. The number of thiophene rings is 1. The molecule has 0 aromatic carbocycles. The van der Waals surface area contributed by atoms with Crippen molar-refractivity contribution < 1.29 is 15.3 Å². The fourth-order valence-electron chi connectivity index (χ4n) is 8.18. The number of rotatable bonds is 1. The van der Waals surface area contributed by atoms with Gasteiger partial charge in [0.1, 0.15) is 0 Å². The van der Waals surface area contributed by atoms with Gasteiger partial charge in [0.05, 0.1) is 17.3 Å². The Morgan fingerprint density at radius 2 is 1.78 bits per heavy atom. The summed E-state index contributed by atoms with van der Waals surface area (Å²) in [5.74, 6) is 1.39. The largest absolute Gasteiger partial charge is 0.393 e. The van der Waals surface area contributed by atoms with Gasteiger partial charge in [-0.1, -0.05) is 13.8 Å². The predicted molar refractivity (Wildman–Crippen MR) is 107 cm³/mol. The molecule has 4 fully saturated rings. The summed E-state index contributed by atoms with van der Waals surface area (Å²) in [7, 11) is 0. The quantitative estimate of drug-likeness (QED) is 0.664. The van der Waals surface area contributed by atoms with Crippen LogP contribution < -0.4 is 0 Å². The fourth-order valence-corrected chi connectivity index (χ4v) is 8.91. The van der Waals surface area contributed by atoms with Crippen molar-refractivity contribution in [3.63, 3.8) is 0 Å². The molecule has 27 heavy (non-hydrogen) atoms. The molecule has 1 aromatic heterocycles. The molecule has 0 amide bonds. The van der Waals surface area contributed by atoms with E-state index in [-0.39, 0.29) is 17.4 Å². The van der Waals surface area contributed by atoms with Gasteiger partial charge in [-0.25, -0.2) is 0 Å². The first-order chi connectivity index (χ1) is 12.7. The van der Waals surface area contributed by atoms with E-state index in [0.717, 1.165) is 50.5 Å². The molecule has 150 valence electrons. The second-order valence-electron chi connectivity index (χ2n) is 10.6. The average molecular weight is 391 g/mol. The molecule has 0 spiro atoms. The van der Waals surface area contributed by atoms with Crippen LogP contribution in [0, 0.1) is 28.6 Å². The zero-order valence-electron chi connectivity index (χ0n) is 16.7. The van der Waals surface area contributed by atoms with Gasteiger partial charge >= 0.3 is 0 Å². The maximum atomic E-state index is 12.2. The van der Waals surface area contributed by atoms with Gasteiger partial charge in [0.2, 0.25) is 0 Å². The van der Waals surface area contributed by atoms with Crippen LogP contribution >= 0.6 is 11.3 Å². The minimum atomic E-state index is -0.909. The summed E-state index contributed by atoms with van der Waals surface area (Å²) >= 11 is 1.63. The van der Waals surface area contributed by atoms with Crippen molar-refractivity contribution in [1.29, 1.82) is 0 Å². The van der Waals surface area contributed by atoms with E-state index >= 15 is 0 Å². The number of hydrogen-bond acceptors (Lipinski definition) is 4. The lowest BCUT2D eigenvalue weighted by Gasteiger charge is -2.64. The highest BCUT2D eigenvalue weighted by atomic mass is 32.1. The smallest absolute Gasteiger partial charge is 0.0986 e. The first-order valence-electron chi connectivity index (χ1n) is 10.9. The molecule has 8 atom stereocenters. The Morgan fingerprint density at radius 3 is 2.52 bits per heavy atom. The van der Waals surface area contributed by atoms with Gasteiger partial charge in [-0.2, -0.15) is 11.3 Å². The van der Waals surface area contributed by atoms with E-state index < -0.39 is 16.6 Å². The maximum Gasteiger partial charge on any atom is 0.0986 e. The van der Waals surface area contributed by atoms with E-state index in [4.69, 9.17) is 0 Å². The van der Waals surface area contributed by atoms with Crippen molar-refractivity contribution in [1.82, 2.24) is 0 Å². The highest BCUT2D eigenvalue weighted by Gasteiger charge is 2.72. The van der Waals surface area contributed by atoms with Gasteiger partial charge in [0.25, 0.3) is 0 Å². The van der Waals surface area contributed by atoms with Gasteiger partial charge < -0.3 is 15.3 Å². The molecule has 0 aliphatic heterocycles. The van der Waals surface area contributed by atoms with Crippen molar-refractivity contribution in [3.8, 4) is 0 Å². The molecule has 3 nitrogen and oxygen atoms in total. The van der Waals surface area contributed by atoms with Crippen molar-refractivity contribution in [2.45, 2.75) is 88.9 Å². The minimum Gasteiger partial charge on any atom is -0.393 e. The third-order valence-electron chi connectivity index (χ3n) is 9.97. The summed E-state index contributed by atoms with van der Waals surface area (Å²) < 4.78 is 0. The molecule has 4 heteroatoms. The number of aliphatic hydroxyl groups excluding tert-OH is 1. The molecule has 1 heterocycles. The Labute approximate surface area is 166 Å². The Balaban J connectivity index is 1.52. The van der Waals surface area contributed by atoms with Crippen molar-refractivity contribution in [3.05, 3.63) is 22.4 Å². The van der Waals surface area contributed by atoms with Crippen LogP contribution in [0.15, 0.2) is 16.8 Å². The second kappa shape index (κ2) is 5.81. The van der Waals surface area contributed by atoms with E-state index in [9.17, 15) is 15.3 Å². The third kappa shape index (κ3) is 2.19. The highest BCUT2D eigenvalue weighted by Crippen LogP contribution is 2.71. The van der Waals surface area contributed by atoms with E-state index in [1.807, 2.05) is 5.38 Å². The van der Waals surface area contributed by atoms with Crippen LogP contribution in [-0.4, -0.2) is 27.0 Å². The molecule has 4 saturated carbocycles. The first kappa shape index (κ1) is 18.6. The molecule has 4 aliphatic carbocycles. The summed E-state index contributed by atoms with van der Waals surface area (Å²) in [5.41, 5.74) is -0.920. The molecule has 5 rings (SSSR count). The monoisotopic (exact) mass is 390 g/mol. The standard InChI is InChI=1S/C23H34O3S/c1-20-8-5-17(24)13-15(20)3-4-19-18(20)6-9-21(2)22(25,10-11-23(19,21)26)16-7-12-27-14-16/h7,12,14-15,17-19,24-26H,3-6,8-11,13H2,1-2H3/t15-,17-,18-,19+,20-,21+,22-,23-/m0/s1. The predicted octanol–water partition coefficient (Wildman–Crippen LogP) is 4.45. The minimum absolute atomic E-state index is 0.133. The summed E-state index contributed by atoms with van der Waals surface area (Å²) in [6.07, 6.45) is 8.32. The summed E-state index contributed by atoms with van der Waals surface area (Å²) in [6.45, 7) is 4.60. The maximum absolute atomic E-state index is 12.2. The van der Waals surface area contributed by atoms with Gasteiger partial charge in [-0.15, -0.1) is 0 Å². The third-order valence-corrected chi connectivity index (χ3v) is 10.7. The number of fused-ring (bicyclic) bond motifs is 5. The van der Waals surface area contributed by atoms with E-state index in [1.165, 1.54) is 0 Å². The van der Waals surface area contributed by atoms with Crippen LogP contribution in [0.25, 0.3) is 0 Å². The average Bonchev–Trinajstić information content (AvgIpc) is 3.24.